The van der Waals surface area contributed by atoms with Crippen LogP contribution in [0.5, 0.6) is 0 Å². The Kier molecular flexibility index (Phi) is 11.9. The molecule has 14 heteroatoms. The Morgan fingerprint density at radius 2 is 1.57 bits per heavy atom. The molecule has 2 aromatic carbocycles. The zero-order valence-electron chi connectivity index (χ0n) is 23.4. The molecule has 4 rings (SSSR count). The van der Waals surface area contributed by atoms with Gasteiger partial charge in [0.2, 0.25) is 16.0 Å². The smallest absolute Gasteiger partial charge is 0.475 e. The highest BCUT2D eigenvalue weighted by Gasteiger charge is 2.38. The van der Waals surface area contributed by atoms with Crippen molar-refractivity contribution in [3.8, 4) is 0 Å². The maximum Gasteiger partial charge on any atom is 0.490 e. The summed E-state index contributed by atoms with van der Waals surface area (Å²) in [5.41, 5.74) is 1.94. The summed E-state index contributed by atoms with van der Waals surface area (Å²) in [5.74, 6) is -0.455. The SMILES string of the molecule is COCCNc1nc(NCC2CCC(CNS(=O)(=O)c3ccc(C)cc3)CC2)nc2ccccc12.O=C(O)C(F)(F)F. The average molecular weight is 612 g/mol. The molecule has 1 aliphatic carbocycles. The van der Waals surface area contributed by atoms with Gasteiger partial charge in [-0.1, -0.05) is 29.8 Å². The highest BCUT2D eigenvalue weighted by Crippen LogP contribution is 2.29. The van der Waals surface area contributed by atoms with Gasteiger partial charge in [-0.15, -0.1) is 0 Å². The van der Waals surface area contributed by atoms with Crippen LogP contribution in [-0.2, 0) is 19.6 Å². The molecule has 0 aliphatic heterocycles. The van der Waals surface area contributed by atoms with Crippen molar-refractivity contribution in [2.45, 2.75) is 43.7 Å². The van der Waals surface area contributed by atoms with Crippen molar-refractivity contribution < 1.29 is 36.2 Å². The summed E-state index contributed by atoms with van der Waals surface area (Å²) in [6, 6.07) is 14.9. The first-order valence-corrected chi connectivity index (χ1v) is 15.0. The Bertz CT molecular complexity index is 1410. The maximum atomic E-state index is 12.6. The maximum absolute atomic E-state index is 12.6. The number of para-hydroxylation sites is 1. The summed E-state index contributed by atoms with van der Waals surface area (Å²) < 4.78 is 64.8. The molecule has 0 spiro atoms. The number of alkyl halides is 3. The number of hydrogen-bond donors (Lipinski definition) is 4. The van der Waals surface area contributed by atoms with Crippen LogP contribution in [0.4, 0.5) is 24.9 Å². The Labute approximate surface area is 243 Å². The molecule has 0 amide bonds. The molecule has 0 bridgehead atoms. The normalized spacial score (nSPS) is 17.3. The Morgan fingerprint density at radius 1 is 0.976 bits per heavy atom. The number of methoxy groups -OCH3 is 1. The van der Waals surface area contributed by atoms with Crippen LogP contribution >= 0.6 is 0 Å². The number of nitrogens with zero attached hydrogens (tertiary/aromatic N) is 2. The minimum atomic E-state index is -5.08. The van der Waals surface area contributed by atoms with E-state index >= 15 is 0 Å². The lowest BCUT2D eigenvalue weighted by atomic mass is 9.82. The molecular weight excluding hydrogens is 575 g/mol. The van der Waals surface area contributed by atoms with E-state index in [-0.39, 0.29) is 0 Å². The van der Waals surface area contributed by atoms with Crippen LogP contribution in [0.15, 0.2) is 53.4 Å². The van der Waals surface area contributed by atoms with Crippen molar-refractivity contribution in [2.75, 3.05) is 44.0 Å². The molecule has 3 aromatic rings. The molecule has 42 heavy (non-hydrogen) atoms. The standard InChI is InChI=1S/C26H35N5O3S.C2HF3O2/c1-19-7-13-22(14-8-19)35(32,33)29-18-21-11-9-20(10-12-21)17-28-26-30-24-6-4-3-5-23(24)25(31-26)27-15-16-34-2;3-2(4,5)1(6)7/h3-8,13-14,20-21,29H,9-12,15-18H2,1-2H3,(H2,27,28,30,31);(H,6,7). The van der Waals surface area contributed by atoms with Gasteiger partial charge in [-0.25, -0.2) is 22.9 Å². The minimum Gasteiger partial charge on any atom is -0.475 e. The molecule has 1 aromatic heterocycles. The second kappa shape index (κ2) is 15.1. The number of halogens is 3. The fourth-order valence-electron chi connectivity index (χ4n) is 4.47. The lowest BCUT2D eigenvalue weighted by molar-refractivity contribution is -0.192. The number of carboxylic acid groups (broad SMARTS) is 1. The van der Waals surface area contributed by atoms with E-state index in [0.717, 1.165) is 54.5 Å². The van der Waals surface area contributed by atoms with Gasteiger partial charge in [-0.05, 0) is 68.7 Å². The summed E-state index contributed by atoms with van der Waals surface area (Å²) in [6.07, 6.45) is -0.969. The van der Waals surface area contributed by atoms with E-state index in [2.05, 4.69) is 20.3 Å². The zero-order valence-corrected chi connectivity index (χ0v) is 24.3. The number of hydrogen-bond acceptors (Lipinski definition) is 8. The van der Waals surface area contributed by atoms with E-state index in [4.69, 9.17) is 19.6 Å². The fourth-order valence-corrected chi connectivity index (χ4v) is 5.58. The second-order valence-electron chi connectivity index (χ2n) is 10.1. The van der Waals surface area contributed by atoms with E-state index in [1.807, 2.05) is 43.3 Å². The van der Waals surface area contributed by atoms with Crippen molar-refractivity contribution >= 4 is 38.7 Å². The van der Waals surface area contributed by atoms with E-state index in [1.165, 1.54) is 0 Å². The predicted molar refractivity (Wildman–Crippen MR) is 154 cm³/mol. The molecule has 1 aliphatic rings. The number of rotatable bonds is 11. The topological polar surface area (TPSA) is 143 Å². The zero-order chi connectivity index (χ0) is 30.8. The number of fused-ring (bicyclic) bond motifs is 1. The van der Waals surface area contributed by atoms with Crippen LogP contribution in [0.1, 0.15) is 31.2 Å². The van der Waals surface area contributed by atoms with Crippen LogP contribution in [0, 0.1) is 18.8 Å². The number of anilines is 2. The van der Waals surface area contributed by atoms with Crippen molar-refractivity contribution in [3.05, 3.63) is 54.1 Å². The molecule has 0 unspecified atom stereocenters. The molecule has 230 valence electrons. The van der Waals surface area contributed by atoms with Gasteiger partial charge in [0.25, 0.3) is 0 Å². The highest BCUT2D eigenvalue weighted by molar-refractivity contribution is 7.89. The molecule has 1 heterocycles. The van der Waals surface area contributed by atoms with Gasteiger partial charge < -0.3 is 20.5 Å². The van der Waals surface area contributed by atoms with Crippen LogP contribution in [0.25, 0.3) is 10.9 Å². The van der Waals surface area contributed by atoms with E-state index < -0.39 is 22.2 Å². The van der Waals surface area contributed by atoms with Gasteiger partial charge >= 0.3 is 12.1 Å². The third-order valence-corrected chi connectivity index (χ3v) is 8.29. The second-order valence-corrected chi connectivity index (χ2v) is 11.8. The molecule has 10 nitrogen and oxygen atoms in total. The summed E-state index contributed by atoms with van der Waals surface area (Å²) in [4.78, 5) is 18.6. The Morgan fingerprint density at radius 3 is 2.17 bits per heavy atom. The first kappa shape index (κ1) is 33.0. The Balaban J connectivity index is 0.000000616. The van der Waals surface area contributed by atoms with Crippen molar-refractivity contribution in [1.82, 2.24) is 14.7 Å². The number of sulfonamides is 1. The first-order valence-electron chi connectivity index (χ1n) is 13.5. The van der Waals surface area contributed by atoms with Gasteiger partial charge in [-0.3, -0.25) is 0 Å². The van der Waals surface area contributed by atoms with Gasteiger partial charge in [-0.2, -0.15) is 18.2 Å². The van der Waals surface area contributed by atoms with Crippen LogP contribution < -0.4 is 15.4 Å². The molecule has 1 fully saturated rings. The largest absolute Gasteiger partial charge is 0.490 e. The fraction of sp³-hybridized carbons (Fsp3) is 0.464. The summed E-state index contributed by atoms with van der Waals surface area (Å²) in [7, 11) is -1.78. The monoisotopic (exact) mass is 611 g/mol. The first-order chi connectivity index (χ1) is 19.9. The predicted octanol–water partition coefficient (Wildman–Crippen LogP) is 4.83. The van der Waals surface area contributed by atoms with E-state index in [9.17, 15) is 21.6 Å². The lowest BCUT2D eigenvalue weighted by Gasteiger charge is -2.28. The number of aryl methyl sites for hydroxylation is 1. The van der Waals surface area contributed by atoms with Gasteiger partial charge in [0.1, 0.15) is 5.82 Å². The summed E-state index contributed by atoms with van der Waals surface area (Å²) in [5, 5.41) is 14.9. The van der Waals surface area contributed by atoms with Crippen molar-refractivity contribution in [3.63, 3.8) is 0 Å². The van der Waals surface area contributed by atoms with Crippen LogP contribution in [0.2, 0.25) is 0 Å². The Hall–Kier alpha value is -3.49. The molecular formula is C28H36F3N5O5S. The molecule has 4 N–H and O–H groups in total. The highest BCUT2D eigenvalue weighted by atomic mass is 32.2. The van der Waals surface area contributed by atoms with E-state index in [1.54, 1.807) is 19.2 Å². The number of benzene rings is 2. The van der Waals surface area contributed by atoms with Crippen LogP contribution in [-0.4, -0.2) is 69.0 Å². The minimum absolute atomic E-state index is 0.326. The van der Waals surface area contributed by atoms with E-state index in [0.29, 0.717) is 42.4 Å². The molecule has 0 saturated heterocycles. The van der Waals surface area contributed by atoms with Gasteiger partial charge in [0, 0.05) is 32.1 Å². The number of carbonyl (C=O) groups is 1. The number of nitrogens with one attached hydrogen (secondary N) is 3. The van der Waals surface area contributed by atoms with Crippen molar-refractivity contribution in [1.29, 1.82) is 0 Å². The molecule has 0 atom stereocenters. The molecule has 0 radical (unpaired) electrons. The number of carboxylic acids is 1. The van der Waals surface area contributed by atoms with Gasteiger partial charge in [0.05, 0.1) is 17.0 Å². The third kappa shape index (κ3) is 10.1. The number of ether oxygens (including phenoxy) is 1. The summed E-state index contributed by atoms with van der Waals surface area (Å²) in [6.45, 7) is 4.51. The summed E-state index contributed by atoms with van der Waals surface area (Å²) >= 11 is 0. The molecule has 1 saturated carbocycles. The number of aromatic nitrogens is 2. The number of aliphatic carboxylic acids is 1. The quantitative estimate of drug-likeness (QED) is 0.224. The van der Waals surface area contributed by atoms with Gasteiger partial charge in [0.15, 0.2) is 0 Å². The third-order valence-electron chi connectivity index (χ3n) is 6.85. The lowest BCUT2D eigenvalue weighted by Crippen LogP contribution is -2.32. The van der Waals surface area contributed by atoms with Crippen molar-refractivity contribution in [2.24, 2.45) is 11.8 Å². The average Bonchev–Trinajstić information content (AvgIpc) is 2.96. The van der Waals surface area contributed by atoms with Crippen LogP contribution in [0.3, 0.4) is 0 Å².